The molecule has 0 radical (unpaired) electrons. The van der Waals surface area contributed by atoms with E-state index in [1.54, 1.807) is 0 Å². The number of hydrogen-bond donors (Lipinski definition) is 1. The van der Waals surface area contributed by atoms with E-state index in [0.29, 0.717) is 5.84 Å². The number of hydrogen-bond acceptors (Lipinski definition) is 2. The molecule has 0 spiro atoms. The van der Waals surface area contributed by atoms with Crippen LogP contribution in [0.2, 0.25) is 0 Å². The number of nitrogens with one attached hydrogen (secondary N) is 1. The van der Waals surface area contributed by atoms with E-state index in [4.69, 9.17) is 0 Å². The fourth-order valence-corrected chi connectivity index (χ4v) is 2.12. The second-order valence-electron chi connectivity index (χ2n) is 5.23. The maximum absolute atomic E-state index is 12.1. The molecular weight excluding hydrogens is 224 g/mol. The Morgan fingerprint density at radius 1 is 1.33 bits per heavy atom. The molecule has 1 aliphatic heterocycles. The molecule has 3 heteroatoms. The summed E-state index contributed by atoms with van der Waals surface area (Å²) in [5, 5.41) is 2.93. The number of carbonyl (C=O) groups is 1. The normalized spacial score (nSPS) is 23.2. The van der Waals surface area contributed by atoms with Gasteiger partial charge >= 0.3 is 0 Å². The Morgan fingerprint density at radius 2 is 2.00 bits per heavy atom. The third-order valence-electron chi connectivity index (χ3n) is 3.81. The highest BCUT2D eigenvalue weighted by Gasteiger charge is 2.42. The van der Waals surface area contributed by atoms with E-state index >= 15 is 0 Å². The van der Waals surface area contributed by atoms with E-state index in [9.17, 15) is 4.79 Å². The van der Waals surface area contributed by atoms with Crippen molar-refractivity contribution >= 4 is 11.7 Å². The van der Waals surface area contributed by atoms with E-state index in [2.05, 4.69) is 23.3 Å². The zero-order chi connectivity index (χ0) is 13.3. The summed E-state index contributed by atoms with van der Waals surface area (Å²) in [6.45, 7) is 8.06. The molecule has 0 saturated carbocycles. The molecule has 0 saturated heterocycles. The number of amides is 1. The summed E-state index contributed by atoms with van der Waals surface area (Å²) in [7, 11) is 0. The van der Waals surface area contributed by atoms with Gasteiger partial charge in [0.15, 0.2) is 0 Å². The van der Waals surface area contributed by atoms with Crippen LogP contribution in [0.1, 0.15) is 38.8 Å². The number of benzene rings is 1. The zero-order valence-corrected chi connectivity index (χ0v) is 11.4. The van der Waals surface area contributed by atoms with Gasteiger partial charge in [-0.1, -0.05) is 45.0 Å². The molecule has 18 heavy (non-hydrogen) atoms. The van der Waals surface area contributed by atoms with Crippen molar-refractivity contribution in [3.8, 4) is 0 Å². The van der Waals surface area contributed by atoms with Crippen LogP contribution in [0.4, 0.5) is 0 Å². The lowest BCUT2D eigenvalue weighted by atomic mass is 9.89. The van der Waals surface area contributed by atoms with Crippen LogP contribution in [0.3, 0.4) is 0 Å². The first-order valence-electron chi connectivity index (χ1n) is 6.48. The fourth-order valence-electron chi connectivity index (χ4n) is 2.12. The van der Waals surface area contributed by atoms with Crippen molar-refractivity contribution in [2.24, 2.45) is 10.9 Å². The summed E-state index contributed by atoms with van der Waals surface area (Å²) in [6.07, 6.45) is 0.934. The molecule has 1 N–H and O–H groups in total. The predicted molar refractivity (Wildman–Crippen MR) is 73.7 cm³/mol. The van der Waals surface area contributed by atoms with Crippen LogP contribution in [-0.4, -0.2) is 17.3 Å². The lowest BCUT2D eigenvalue weighted by Gasteiger charge is -2.21. The number of nitrogens with zero attached hydrogens (tertiary/aromatic N) is 1. The average Bonchev–Trinajstić information content (AvgIpc) is 2.67. The maximum atomic E-state index is 12.1. The van der Waals surface area contributed by atoms with Gasteiger partial charge in [0.2, 0.25) is 0 Å². The fraction of sp³-hybridized carbons (Fsp3) is 0.467. The third-order valence-corrected chi connectivity index (χ3v) is 3.81. The van der Waals surface area contributed by atoms with Crippen molar-refractivity contribution in [1.29, 1.82) is 0 Å². The topological polar surface area (TPSA) is 41.5 Å². The van der Waals surface area contributed by atoms with E-state index in [0.717, 1.165) is 12.0 Å². The highest BCUT2D eigenvalue weighted by Crippen LogP contribution is 2.27. The third kappa shape index (κ3) is 1.94. The number of aryl methyl sites for hydroxylation is 1. The van der Waals surface area contributed by atoms with Gasteiger partial charge in [0, 0.05) is 5.56 Å². The van der Waals surface area contributed by atoms with Crippen LogP contribution in [-0.2, 0) is 11.2 Å². The molecule has 1 unspecified atom stereocenters. The largest absolute Gasteiger partial charge is 0.308 e. The minimum Gasteiger partial charge on any atom is -0.308 e. The van der Waals surface area contributed by atoms with Gasteiger partial charge in [0.1, 0.15) is 11.4 Å². The van der Waals surface area contributed by atoms with Gasteiger partial charge in [-0.3, -0.25) is 9.79 Å². The molecule has 0 fully saturated rings. The van der Waals surface area contributed by atoms with Crippen molar-refractivity contribution < 1.29 is 4.79 Å². The average molecular weight is 244 g/mol. The molecular formula is C15H20N2O. The van der Waals surface area contributed by atoms with Crippen LogP contribution in [0.5, 0.6) is 0 Å². The predicted octanol–water partition coefficient (Wildman–Crippen LogP) is 2.54. The van der Waals surface area contributed by atoms with Gasteiger partial charge in [0.25, 0.3) is 5.91 Å². The van der Waals surface area contributed by atoms with Crippen molar-refractivity contribution in [2.75, 3.05) is 0 Å². The molecule has 96 valence electrons. The van der Waals surface area contributed by atoms with Crippen LogP contribution in [0, 0.1) is 5.92 Å². The molecule has 1 aromatic carbocycles. The summed E-state index contributed by atoms with van der Waals surface area (Å²) in [4.78, 5) is 16.7. The molecule has 3 nitrogen and oxygen atoms in total. The lowest BCUT2D eigenvalue weighted by molar-refractivity contribution is -0.124. The van der Waals surface area contributed by atoms with E-state index in [1.165, 1.54) is 5.56 Å². The summed E-state index contributed by atoms with van der Waals surface area (Å²) in [5.41, 5.74) is 1.61. The first-order valence-corrected chi connectivity index (χ1v) is 6.48. The summed E-state index contributed by atoms with van der Waals surface area (Å²) < 4.78 is 0. The Labute approximate surface area is 108 Å². The van der Waals surface area contributed by atoms with E-state index in [1.807, 2.05) is 39.0 Å². The van der Waals surface area contributed by atoms with E-state index in [-0.39, 0.29) is 11.8 Å². The zero-order valence-electron chi connectivity index (χ0n) is 11.4. The number of amidine groups is 1. The molecule has 1 aromatic rings. The van der Waals surface area contributed by atoms with Crippen molar-refractivity contribution in [2.45, 2.75) is 39.7 Å². The first-order chi connectivity index (χ1) is 8.49. The van der Waals surface area contributed by atoms with E-state index < -0.39 is 5.54 Å². The van der Waals surface area contributed by atoms with Crippen molar-refractivity contribution in [3.63, 3.8) is 0 Å². The monoisotopic (exact) mass is 244 g/mol. The van der Waals surface area contributed by atoms with Crippen LogP contribution < -0.4 is 5.32 Å². The van der Waals surface area contributed by atoms with Crippen molar-refractivity contribution in [1.82, 2.24) is 5.32 Å². The SMILES string of the molecule is CCc1ccccc1C1=NC(C)(C(C)C)C(=O)N1. The van der Waals surface area contributed by atoms with Gasteiger partial charge in [-0.05, 0) is 24.8 Å². The molecule has 1 heterocycles. The Bertz CT molecular complexity index is 505. The molecule has 0 aromatic heterocycles. The number of rotatable bonds is 3. The molecule has 1 amide bonds. The Balaban J connectivity index is 2.45. The Hall–Kier alpha value is -1.64. The maximum Gasteiger partial charge on any atom is 0.253 e. The van der Waals surface area contributed by atoms with Gasteiger partial charge in [0.05, 0.1) is 0 Å². The number of carbonyl (C=O) groups excluding carboxylic acids is 1. The van der Waals surface area contributed by atoms with Gasteiger partial charge in [-0.15, -0.1) is 0 Å². The number of aliphatic imine (C=N–C) groups is 1. The summed E-state index contributed by atoms with van der Waals surface area (Å²) in [6, 6.07) is 8.09. The first kappa shape index (κ1) is 12.8. The Morgan fingerprint density at radius 3 is 2.56 bits per heavy atom. The molecule has 2 rings (SSSR count). The minimum absolute atomic E-state index is 0.00148. The van der Waals surface area contributed by atoms with Gasteiger partial charge in [-0.2, -0.15) is 0 Å². The molecule has 0 bridgehead atoms. The van der Waals surface area contributed by atoms with Crippen molar-refractivity contribution in [3.05, 3.63) is 35.4 Å². The highest BCUT2D eigenvalue weighted by molar-refractivity contribution is 6.15. The van der Waals surface area contributed by atoms with Crippen LogP contribution in [0.25, 0.3) is 0 Å². The summed E-state index contributed by atoms with van der Waals surface area (Å²) >= 11 is 0. The lowest BCUT2D eigenvalue weighted by Crippen LogP contribution is -2.41. The minimum atomic E-state index is -0.643. The molecule has 0 aliphatic carbocycles. The Kier molecular flexibility index (Phi) is 3.24. The van der Waals surface area contributed by atoms with Crippen LogP contribution >= 0.6 is 0 Å². The standard InChI is InChI=1S/C15H20N2O/c1-5-11-8-6-7-9-12(11)13-16-14(18)15(4,17-13)10(2)3/h6-10H,5H2,1-4H3,(H,16,17,18). The van der Waals surface area contributed by atoms with Gasteiger partial charge in [-0.25, -0.2) is 0 Å². The quantitative estimate of drug-likeness (QED) is 0.872. The van der Waals surface area contributed by atoms with Crippen LogP contribution in [0.15, 0.2) is 29.3 Å². The molecule has 1 atom stereocenters. The summed E-state index contributed by atoms with van der Waals surface area (Å²) in [5.74, 6) is 0.899. The molecule has 1 aliphatic rings. The highest BCUT2D eigenvalue weighted by atomic mass is 16.2. The smallest absolute Gasteiger partial charge is 0.253 e. The second kappa shape index (κ2) is 4.56. The second-order valence-corrected chi connectivity index (χ2v) is 5.23. The van der Waals surface area contributed by atoms with Gasteiger partial charge < -0.3 is 5.32 Å².